The van der Waals surface area contributed by atoms with Gasteiger partial charge in [-0.05, 0) is 37.1 Å². The first-order chi connectivity index (χ1) is 13.1. The van der Waals surface area contributed by atoms with Crippen molar-refractivity contribution >= 4 is 33.4 Å². The monoisotopic (exact) mass is 431 g/mol. The second-order valence-electron chi connectivity index (χ2n) is 6.44. The van der Waals surface area contributed by atoms with E-state index in [1.54, 1.807) is 13.3 Å². The Morgan fingerprint density at radius 1 is 1.44 bits per heavy atom. The Labute approximate surface area is 167 Å². The maximum atomic E-state index is 9.35. The molecule has 3 rings (SSSR count). The lowest BCUT2D eigenvalue weighted by Crippen LogP contribution is -2.38. The number of hydrogen-bond acceptors (Lipinski definition) is 7. The van der Waals surface area contributed by atoms with Crippen LogP contribution in [-0.4, -0.2) is 36.3 Å². The summed E-state index contributed by atoms with van der Waals surface area (Å²) in [7, 11) is 1.66. The Bertz CT molecular complexity index is 839. The van der Waals surface area contributed by atoms with Gasteiger partial charge in [0.05, 0.1) is 31.2 Å². The summed E-state index contributed by atoms with van der Waals surface area (Å²) in [5.74, 6) is 1.10. The van der Waals surface area contributed by atoms with Crippen LogP contribution in [0.25, 0.3) is 0 Å². The minimum absolute atomic E-state index is 0.0776. The molecule has 0 saturated carbocycles. The van der Waals surface area contributed by atoms with Crippen molar-refractivity contribution in [1.29, 1.82) is 5.26 Å². The lowest BCUT2D eigenvalue weighted by atomic mass is 9.96. The van der Waals surface area contributed by atoms with Gasteiger partial charge < -0.3 is 20.1 Å². The van der Waals surface area contributed by atoms with E-state index >= 15 is 0 Å². The molecule has 1 fully saturated rings. The molecule has 0 amide bonds. The molecule has 1 aromatic carbocycles. The van der Waals surface area contributed by atoms with Crippen molar-refractivity contribution in [1.82, 2.24) is 9.97 Å². The molecule has 8 heteroatoms. The standard InChI is InChI=1S/C19H22BrN5O2/c1-12-9-22-19(23-15-3-4-16(20)14(7-15)10-26-2)25-18(12)24-17-11-27-6-5-13(17)8-21/h3-4,7,9,13,17H,5-6,10-11H2,1-2H3,(H2,22,23,24,25)/t13?,17-/m0/s1. The van der Waals surface area contributed by atoms with Gasteiger partial charge in [0.15, 0.2) is 0 Å². The van der Waals surface area contributed by atoms with E-state index in [9.17, 15) is 5.26 Å². The fourth-order valence-corrected chi connectivity index (χ4v) is 3.27. The maximum Gasteiger partial charge on any atom is 0.229 e. The van der Waals surface area contributed by atoms with E-state index in [1.807, 2.05) is 25.1 Å². The highest BCUT2D eigenvalue weighted by Gasteiger charge is 2.26. The number of hydrogen-bond donors (Lipinski definition) is 2. The molecule has 2 atom stereocenters. The van der Waals surface area contributed by atoms with Crippen molar-refractivity contribution in [2.75, 3.05) is 31.0 Å². The third kappa shape index (κ3) is 4.95. The van der Waals surface area contributed by atoms with Crippen LogP contribution in [0.1, 0.15) is 17.5 Å². The largest absolute Gasteiger partial charge is 0.380 e. The molecule has 2 heterocycles. The van der Waals surface area contributed by atoms with Crippen LogP contribution in [0.15, 0.2) is 28.9 Å². The number of benzene rings is 1. The Morgan fingerprint density at radius 3 is 3.07 bits per heavy atom. The molecule has 7 nitrogen and oxygen atoms in total. The molecule has 2 aromatic rings. The third-order valence-electron chi connectivity index (χ3n) is 4.42. The topological polar surface area (TPSA) is 92.1 Å². The zero-order chi connectivity index (χ0) is 19.2. The molecule has 0 bridgehead atoms. The predicted octanol–water partition coefficient (Wildman–Crippen LogP) is 3.78. The van der Waals surface area contributed by atoms with Crippen LogP contribution in [-0.2, 0) is 16.1 Å². The smallest absolute Gasteiger partial charge is 0.229 e. The highest BCUT2D eigenvalue weighted by Crippen LogP contribution is 2.25. The quantitative estimate of drug-likeness (QED) is 0.718. The van der Waals surface area contributed by atoms with E-state index in [0.29, 0.717) is 31.6 Å². The van der Waals surface area contributed by atoms with Crippen molar-refractivity contribution in [3.8, 4) is 6.07 Å². The molecule has 0 aliphatic carbocycles. The van der Waals surface area contributed by atoms with Gasteiger partial charge in [0.2, 0.25) is 5.95 Å². The zero-order valence-corrected chi connectivity index (χ0v) is 16.9. The van der Waals surface area contributed by atoms with E-state index < -0.39 is 0 Å². The number of methoxy groups -OCH3 is 1. The third-order valence-corrected chi connectivity index (χ3v) is 5.19. The fourth-order valence-electron chi connectivity index (χ4n) is 2.91. The molecule has 0 spiro atoms. The number of nitriles is 1. The average molecular weight is 432 g/mol. The van der Waals surface area contributed by atoms with Crippen molar-refractivity contribution < 1.29 is 9.47 Å². The number of aromatic nitrogens is 2. The Balaban J connectivity index is 1.77. The predicted molar refractivity (Wildman–Crippen MR) is 107 cm³/mol. The SMILES string of the molecule is COCc1cc(Nc2ncc(C)c(N[C@H]3COCCC3C#N)n2)ccc1Br. The first-order valence-corrected chi connectivity index (χ1v) is 9.52. The number of aryl methyl sites for hydroxylation is 1. The van der Waals surface area contributed by atoms with Crippen LogP contribution >= 0.6 is 15.9 Å². The molecular weight excluding hydrogens is 410 g/mol. The lowest BCUT2D eigenvalue weighted by Gasteiger charge is -2.28. The summed E-state index contributed by atoms with van der Waals surface area (Å²) in [6.07, 6.45) is 2.49. The molecule has 1 aliphatic rings. The molecule has 1 unspecified atom stereocenters. The zero-order valence-electron chi connectivity index (χ0n) is 15.3. The minimum atomic E-state index is -0.0902. The summed E-state index contributed by atoms with van der Waals surface area (Å²) >= 11 is 3.52. The van der Waals surface area contributed by atoms with E-state index in [1.165, 1.54) is 0 Å². The van der Waals surface area contributed by atoms with E-state index in [-0.39, 0.29) is 12.0 Å². The normalized spacial score (nSPS) is 19.3. The van der Waals surface area contributed by atoms with Gasteiger partial charge in [0.1, 0.15) is 5.82 Å². The molecule has 1 aromatic heterocycles. The van der Waals surface area contributed by atoms with Crippen molar-refractivity contribution in [2.45, 2.75) is 26.0 Å². The number of anilines is 3. The van der Waals surface area contributed by atoms with Crippen LogP contribution in [0.3, 0.4) is 0 Å². The van der Waals surface area contributed by atoms with Gasteiger partial charge in [-0.3, -0.25) is 0 Å². The van der Waals surface area contributed by atoms with Crippen LogP contribution in [0, 0.1) is 24.2 Å². The first-order valence-electron chi connectivity index (χ1n) is 8.72. The summed E-state index contributed by atoms with van der Waals surface area (Å²) < 4.78 is 11.7. The Hall–Kier alpha value is -2.21. The second-order valence-corrected chi connectivity index (χ2v) is 7.29. The van der Waals surface area contributed by atoms with Crippen LogP contribution in [0.2, 0.25) is 0 Å². The van der Waals surface area contributed by atoms with Crippen molar-refractivity contribution in [3.63, 3.8) is 0 Å². The number of rotatable bonds is 6. The van der Waals surface area contributed by atoms with Gasteiger partial charge in [-0.1, -0.05) is 15.9 Å². The number of ether oxygens (including phenoxy) is 2. The van der Waals surface area contributed by atoms with Gasteiger partial charge in [0, 0.05) is 35.6 Å². The van der Waals surface area contributed by atoms with Gasteiger partial charge in [-0.25, -0.2) is 4.98 Å². The van der Waals surface area contributed by atoms with Gasteiger partial charge in [0.25, 0.3) is 0 Å². The number of halogens is 1. The summed E-state index contributed by atoms with van der Waals surface area (Å²) in [5, 5.41) is 15.9. The highest BCUT2D eigenvalue weighted by atomic mass is 79.9. The molecule has 142 valence electrons. The maximum absolute atomic E-state index is 9.35. The summed E-state index contributed by atoms with van der Waals surface area (Å²) in [4.78, 5) is 8.95. The van der Waals surface area contributed by atoms with Gasteiger partial charge >= 0.3 is 0 Å². The molecule has 1 aliphatic heterocycles. The van der Waals surface area contributed by atoms with E-state index in [4.69, 9.17) is 9.47 Å². The molecule has 2 N–H and O–H groups in total. The minimum Gasteiger partial charge on any atom is -0.380 e. The molecule has 27 heavy (non-hydrogen) atoms. The number of nitrogens with zero attached hydrogens (tertiary/aromatic N) is 3. The van der Waals surface area contributed by atoms with E-state index in [2.05, 4.69) is 42.6 Å². The first kappa shape index (κ1) is 19.5. The number of nitrogens with one attached hydrogen (secondary N) is 2. The molecule has 0 radical (unpaired) electrons. The molecule has 1 saturated heterocycles. The summed E-state index contributed by atoms with van der Waals surface area (Å²) in [5.41, 5.74) is 2.82. The highest BCUT2D eigenvalue weighted by molar-refractivity contribution is 9.10. The second kappa shape index (κ2) is 9.13. The van der Waals surface area contributed by atoms with Crippen LogP contribution < -0.4 is 10.6 Å². The van der Waals surface area contributed by atoms with Crippen molar-refractivity contribution in [2.24, 2.45) is 5.92 Å². The van der Waals surface area contributed by atoms with Crippen molar-refractivity contribution in [3.05, 3.63) is 40.0 Å². The van der Waals surface area contributed by atoms with Crippen LogP contribution in [0.4, 0.5) is 17.5 Å². The van der Waals surface area contributed by atoms with E-state index in [0.717, 1.165) is 27.7 Å². The summed E-state index contributed by atoms with van der Waals surface area (Å²) in [6.45, 7) is 3.57. The van der Waals surface area contributed by atoms with Gasteiger partial charge in [-0.2, -0.15) is 10.2 Å². The summed E-state index contributed by atoms with van der Waals surface area (Å²) in [6, 6.07) is 8.17. The Kier molecular flexibility index (Phi) is 6.61. The Morgan fingerprint density at radius 2 is 2.30 bits per heavy atom. The lowest BCUT2D eigenvalue weighted by molar-refractivity contribution is 0.0698. The average Bonchev–Trinajstić information content (AvgIpc) is 2.68. The molecular formula is C19H22BrN5O2. The fraction of sp³-hybridized carbons (Fsp3) is 0.421. The van der Waals surface area contributed by atoms with Gasteiger partial charge in [-0.15, -0.1) is 0 Å². The van der Waals surface area contributed by atoms with Crippen LogP contribution in [0.5, 0.6) is 0 Å².